The molecular weight excluding hydrogens is 252 g/mol. The summed E-state index contributed by atoms with van der Waals surface area (Å²) in [5.41, 5.74) is 0.628. The van der Waals surface area contributed by atoms with E-state index in [0.717, 1.165) is 6.20 Å². The van der Waals surface area contributed by atoms with Gasteiger partial charge in [0.25, 0.3) is 0 Å². The van der Waals surface area contributed by atoms with Crippen LogP contribution in [0.2, 0.25) is 10.0 Å². The first kappa shape index (κ1) is 11.2. The zero-order valence-electron chi connectivity index (χ0n) is 7.92. The number of halogens is 3. The van der Waals surface area contributed by atoms with Gasteiger partial charge in [-0.2, -0.15) is 4.39 Å². The number of nitrogens with zero attached hydrogens (tertiary/aromatic N) is 1. The Morgan fingerprint density at radius 3 is 2.31 bits per heavy atom. The molecule has 1 N–H and O–H groups in total. The van der Waals surface area contributed by atoms with Crippen molar-refractivity contribution in [1.82, 2.24) is 4.98 Å². The molecule has 0 aliphatic carbocycles. The van der Waals surface area contributed by atoms with E-state index in [9.17, 15) is 9.50 Å². The average Bonchev–Trinajstić information content (AvgIpc) is 2.20. The van der Waals surface area contributed by atoms with Crippen molar-refractivity contribution in [3.05, 3.63) is 46.5 Å². The lowest BCUT2D eigenvalue weighted by Crippen LogP contribution is -1.88. The predicted molar refractivity (Wildman–Crippen MR) is 61.3 cm³/mol. The van der Waals surface area contributed by atoms with Gasteiger partial charge in [0.1, 0.15) is 5.75 Å². The minimum atomic E-state index is -0.684. The molecule has 5 heteroatoms. The molecule has 2 rings (SSSR count). The molecule has 0 spiro atoms. The Bertz CT molecular complexity index is 525. The number of hydrogen-bond donors (Lipinski definition) is 1. The molecule has 2 nitrogen and oxygen atoms in total. The molecule has 82 valence electrons. The molecule has 0 aliphatic rings. The van der Waals surface area contributed by atoms with Crippen LogP contribution in [-0.2, 0) is 0 Å². The van der Waals surface area contributed by atoms with Crippen molar-refractivity contribution in [2.75, 3.05) is 0 Å². The van der Waals surface area contributed by atoms with Crippen LogP contribution in [0.3, 0.4) is 0 Å². The van der Waals surface area contributed by atoms with Gasteiger partial charge in [-0.05, 0) is 29.8 Å². The van der Waals surface area contributed by atoms with Crippen molar-refractivity contribution < 1.29 is 9.50 Å². The van der Waals surface area contributed by atoms with Crippen LogP contribution in [0.15, 0.2) is 30.5 Å². The Morgan fingerprint density at radius 2 is 1.69 bits per heavy atom. The van der Waals surface area contributed by atoms with Gasteiger partial charge in [0.2, 0.25) is 5.95 Å². The van der Waals surface area contributed by atoms with E-state index >= 15 is 0 Å². The summed E-state index contributed by atoms with van der Waals surface area (Å²) in [6.07, 6.45) is 1.03. The van der Waals surface area contributed by atoms with Gasteiger partial charge in [-0.1, -0.05) is 23.2 Å². The van der Waals surface area contributed by atoms with Gasteiger partial charge in [0.15, 0.2) is 0 Å². The van der Waals surface area contributed by atoms with E-state index in [2.05, 4.69) is 4.98 Å². The minimum Gasteiger partial charge on any atom is -0.506 e. The molecule has 0 amide bonds. The zero-order valence-corrected chi connectivity index (χ0v) is 9.43. The Morgan fingerprint density at radius 1 is 1.06 bits per heavy atom. The highest BCUT2D eigenvalue weighted by atomic mass is 35.5. The van der Waals surface area contributed by atoms with Crippen LogP contribution in [-0.4, -0.2) is 10.1 Å². The number of rotatable bonds is 1. The highest BCUT2D eigenvalue weighted by molar-refractivity contribution is 6.35. The quantitative estimate of drug-likeness (QED) is 0.787. The highest BCUT2D eigenvalue weighted by Gasteiger charge is 2.09. The first-order valence-electron chi connectivity index (χ1n) is 4.37. The van der Waals surface area contributed by atoms with Crippen LogP contribution in [0.4, 0.5) is 4.39 Å². The third-order valence-electron chi connectivity index (χ3n) is 2.00. The molecule has 0 bridgehead atoms. The molecule has 0 atom stereocenters. The minimum absolute atomic E-state index is 0.118. The van der Waals surface area contributed by atoms with E-state index < -0.39 is 5.95 Å². The summed E-state index contributed by atoms with van der Waals surface area (Å²) in [6, 6.07) is 5.91. The van der Waals surface area contributed by atoms with Crippen LogP contribution in [0.25, 0.3) is 11.1 Å². The smallest absolute Gasteiger partial charge is 0.220 e. The maximum atomic E-state index is 13.4. The lowest BCUT2D eigenvalue weighted by atomic mass is 10.1. The fraction of sp³-hybridized carbons (Fsp3) is 0. The van der Waals surface area contributed by atoms with Crippen LogP contribution in [0.1, 0.15) is 0 Å². The lowest BCUT2D eigenvalue weighted by molar-refractivity contribution is 0.467. The summed E-state index contributed by atoms with van der Waals surface area (Å²) in [4.78, 5) is 3.41. The van der Waals surface area contributed by atoms with Crippen molar-refractivity contribution in [3.63, 3.8) is 0 Å². The molecule has 0 aliphatic heterocycles. The number of aromatic hydroxyl groups is 1. The van der Waals surface area contributed by atoms with E-state index in [1.165, 1.54) is 6.07 Å². The van der Waals surface area contributed by atoms with Crippen LogP contribution >= 0.6 is 23.2 Å². The molecule has 1 aromatic carbocycles. The van der Waals surface area contributed by atoms with E-state index in [1.807, 2.05) is 0 Å². The van der Waals surface area contributed by atoms with E-state index in [-0.39, 0.29) is 11.3 Å². The number of hydrogen-bond acceptors (Lipinski definition) is 2. The maximum Gasteiger partial charge on any atom is 0.220 e. The van der Waals surface area contributed by atoms with Gasteiger partial charge < -0.3 is 5.11 Å². The van der Waals surface area contributed by atoms with Crippen LogP contribution in [0, 0.1) is 5.95 Å². The van der Waals surface area contributed by atoms with Crippen molar-refractivity contribution in [3.8, 4) is 16.9 Å². The molecule has 0 unspecified atom stereocenters. The lowest BCUT2D eigenvalue weighted by Gasteiger charge is -2.04. The highest BCUT2D eigenvalue weighted by Crippen LogP contribution is 2.29. The third-order valence-corrected chi connectivity index (χ3v) is 2.43. The van der Waals surface area contributed by atoms with Gasteiger partial charge in [-0.3, -0.25) is 0 Å². The first-order chi connectivity index (χ1) is 7.56. The monoisotopic (exact) mass is 257 g/mol. The maximum absolute atomic E-state index is 13.4. The average molecular weight is 258 g/mol. The molecular formula is C11H6Cl2FNO. The van der Waals surface area contributed by atoms with E-state index in [0.29, 0.717) is 15.6 Å². The summed E-state index contributed by atoms with van der Waals surface area (Å²) in [5.74, 6) is -0.802. The van der Waals surface area contributed by atoms with Crippen LogP contribution in [0.5, 0.6) is 5.75 Å². The molecule has 0 fully saturated rings. The summed E-state index contributed by atoms with van der Waals surface area (Å²) in [5, 5.41) is 10.0. The van der Waals surface area contributed by atoms with Crippen molar-refractivity contribution in [1.29, 1.82) is 0 Å². The summed E-state index contributed by atoms with van der Waals surface area (Å²) >= 11 is 11.6. The fourth-order valence-corrected chi connectivity index (χ4v) is 1.87. The summed E-state index contributed by atoms with van der Waals surface area (Å²) < 4.78 is 13.4. The Labute approximate surface area is 101 Å². The van der Waals surface area contributed by atoms with Crippen LogP contribution < -0.4 is 0 Å². The first-order valence-corrected chi connectivity index (χ1v) is 5.13. The summed E-state index contributed by atoms with van der Waals surface area (Å²) in [6.45, 7) is 0. The van der Waals surface area contributed by atoms with Gasteiger partial charge in [-0.15, -0.1) is 0 Å². The normalized spacial score (nSPS) is 10.4. The Kier molecular flexibility index (Phi) is 2.99. The molecule has 2 aromatic rings. The van der Waals surface area contributed by atoms with Crippen molar-refractivity contribution in [2.24, 2.45) is 0 Å². The molecule has 1 aromatic heterocycles. The Balaban J connectivity index is 2.62. The largest absolute Gasteiger partial charge is 0.506 e. The number of aromatic nitrogens is 1. The number of pyridine rings is 1. The molecule has 16 heavy (non-hydrogen) atoms. The second-order valence-electron chi connectivity index (χ2n) is 3.19. The SMILES string of the molecule is Oc1cnc(F)c(-c2cc(Cl)cc(Cl)c2)c1. The molecule has 1 heterocycles. The predicted octanol–water partition coefficient (Wildman–Crippen LogP) is 3.90. The molecule has 0 radical (unpaired) electrons. The second-order valence-corrected chi connectivity index (χ2v) is 4.06. The van der Waals surface area contributed by atoms with Gasteiger partial charge in [-0.25, -0.2) is 4.98 Å². The van der Waals surface area contributed by atoms with E-state index in [1.54, 1.807) is 18.2 Å². The number of benzene rings is 1. The second kappa shape index (κ2) is 4.28. The van der Waals surface area contributed by atoms with Gasteiger partial charge >= 0.3 is 0 Å². The zero-order chi connectivity index (χ0) is 11.7. The van der Waals surface area contributed by atoms with Crippen molar-refractivity contribution >= 4 is 23.2 Å². The Hall–Kier alpha value is -1.32. The van der Waals surface area contributed by atoms with Crippen molar-refractivity contribution in [2.45, 2.75) is 0 Å². The third kappa shape index (κ3) is 2.26. The summed E-state index contributed by atoms with van der Waals surface area (Å²) in [7, 11) is 0. The van der Waals surface area contributed by atoms with Gasteiger partial charge in [0.05, 0.1) is 6.20 Å². The standard InChI is InChI=1S/C11H6Cl2FNO/c12-7-1-6(2-8(13)3-7)10-4-9(16)5-15-11(10)14/h1-5,16H. The van der Waals surface area contributed by atoms with Gasteiger partial charge in [0, 0.05) is 15.6 Å². The fourth-order valence-electron chi connectivity index (χ4n) is 1.35. The molecule has 0 saturated heterocycles. The van der Waals surface area contributed by atoms with E-state index in [4.69, 9.17) is 23.2 Å². The molecule has 0 saturated carbocycles. The topological polar surface area (TPSA) is 33.1 Å².